The highest BCUT2D eigenvalue weighted by molar-refractivity contribution is 7.81. The van der Waals surface area contributed by atoms with Crippen LogP contribution in [0.5, 0.6) is 0 Å². The number of hydrogen-bond donors (Lipinski definition) is 2. The quantitative estimate of drug-likeness (QED) is 0.102. The number of nitrogens with two attached hydrogens (primary N) is 1. The van der Waals surface area contributed by atoms with Crippen molar-refractivity contribution in [1.82, 2.24) is 0 Å². The molecule has 0 aromatic carbocycles. The summed E-state index contributed by atoms with van der Waals surface area (Å²) in [6.07, 6.45) is 10.5. The summed E-state index contributed by atoms with van der Waals surface area (Å²) in [4.78, 5) is 0. The molecule has 0 aliphatic carbocycles. The van der Waals surface area contributed by atoms with Crippen molar-refractivity contribution in [3.05, 3.63) is 24.3 Å². The van der Waals surface area contributed by atoms with Gasteiger partial charge >= 0.3 is 0 Å². The standard InChI is InChI=1S/C35H69NS/c1-17-19-23-27(4)30(7,8)25-34(15,28(5)24-21-20-22-26(3)29(6)37)31(9,10)32(11,12)35(16,18-2)33(13,14)36/h27,29,37H,3,5,17-25,36H2,1-2,4,6-16H3. The summed E-state index contributed by atoms with van der Waals surface area (Å²) in [6.45, 7) is 42.8. The Morgan fingerprint density at radius 2 is 1.27 bits per heavy atom. The molecule has 0 heterocycles. The van der Waals surface area contributed by atoms with Gasteiger partial charge in [-0.05, 0) is 92.3 Å². The molecule has 2 N–H and O–H groups in total. The SMILES string of the molecule is C=C(CCCCC(=C)C(C)(CC(C)(C)C(C)CCCC)C(C)(C)C(C)(C)C(C)(CC)C(C)(C)N)C(C)S. The molecule has 4 atom stereocenters. The average molecular weight is 536 g/mol. The first-order valence-electron chi connectivity index (χ1n) is 15.3. The van der Waals surface area contributed by atoms with Gasteiger partial charge < -0.3 is 5.73 Å². The van der Waals surface area contributed by atoms with Crippen molar-refractivity contribution in [3.8, 4) is 0 Å². The van der Waals surface area contributed by atoms with E-state index in [4.69, 9.17) is 12.3 Å². The van der Waals surface area contributed by atoms with Crippen LogP contribution in [-0.2, 0) is 0 Å². The molecule has 37 heavy (non-hydrogen) atoms. The molecule has 0 radical (unpaired) electrons. The average Bonchev–Trinajstić information content (AvgIpc) is 2.77. The van der Waals surface area contributed by atoms with Crippen molar-refractivity contribution in [2.45, 2.75) is 166 Å². The Kier molecular flexibility index (Phi) is 13.4. The van der Waals surface area contributed by atoms with Crippen LogP contribution in [0, 0.1) is 33.0 Å². The van der Waals surface area contributed by atoms with E-state index in [1.54, 1.807) is 0 Å². The summed E-state index contributed by atoms with van der Waals surface area (Å²) in [6, 6.07) is 0. The fraction of sp³-hybridized carbons (Fsp3) is 0.886. The molecule has 220 valence electrons. The van der Waals surface area contributed by atoms with Gasteiger partial charge in [-0.3, -0.25) is 0 Å². The molecule has 0 aromatic heterocycles. The summed E-state index contributed by atoms with van der Waals surface area (Å²) >= 11 is 4.57. The smallest absolute Gasteiger partial charge is 0.0195 e. The molecule has 0 aliphatic rings. The van der Waals surface area contributed by atoms with Crippen molar-refractivity contribution in [3.63, 3.8) is 0 Å². The van der Waals surface area contributed by atoms with E-state index in [9.17, 15) is 0 Å². The molecule has 0 aliphatic heterocycles. The Morgan fingerprint density at radius 1 is 0.784 bits per heavy atom. The normalized spacial score (nSPS) is 18.6. The highest BCUT2D eigenvalue weighted by Crippen LogP contribution is 2.67. The molecule has 0 fully saturated rings. The van der Waals surface area contributed by atoms with E-state index >= 15 is 0 Å². The molecule has 1 nitrogen and oxygen atoms in total. The molecule has 0 saturated carbocycles. The minimum Gasteiger partial charge on any atom is -0.325 e. The summed E-state index contributed by atoms with van der Waals surface area (Å²) in [5, 5.41) is 0.268. The Bertz CT molecular complexity index is 735. The van der Waals surface area contributed by atoms with Crippen molar-refractivity contribution in [2.24, 2.45) is 38.7 Å². The Hall–Kier alpha value is -0.210. The summed E-state index contributed by atoms with van der Waals surface area (Å²) in [5.41, 5.74) is 9.44. The van der Waals surface area contributed by atoms with E-state index in [1.807, 2.05) is 0 Å². The minimum absolute atomic E-state index is 0.0244. The van der Waals surface area contributed by atoms with E-state index in [1.165, 1.54) is 30.4 Å². The number of hydrogen-bond acceptors (Lipinski definition) is 2. The van der Waals surface area contributed by atoms with Gasteiger partial charge in [-0.1, -0.05) is 120 Å². The van der Waals surface area contributed by atoms with Gasteiger partial charge in [-0.15, -0.1) is 0 Å². The third kappa shape index (κ3) is 7.93. The van der Waals surface area contributed by atoms with Crippen LogP contribution in [-0.4, -0.2) is 10.8 Å². The Morgan fingerprint density at radius 3 is 1.68 bits per heavy atom. The number of unbranched alkanes of at least 4 members (excludes halogenated alkanes) is 2. The largest absolute Gasteiger partial charge is 0.325 e. The molecule has 0 bridgehead atoms. The molecule has 4 unspecified atom stereocenters. The van der Waals surface area contributed by atoms with Crippen LogP contribution in [0.2, 0.25) is 0 Å². The van der Waals surface area contributed by atoms with Crippen LogP contribution in [0.25, 0.3) is 0 Å². The van der Waals surface area contributed by atoms with Gasteiger partial charge in [0.25, 0.3) is 0 Å². The van der Waals surface area contributed by atoms with Gasteiger partial charge in [-0.2, -0.15) is 12.6 Å². The molecule has 2 heteroatoms. The molecule has 0 amide bonds. The molecular formula is C35H69NS. The maximum atomic E-state index is 6.97. The predicted octanol–water partition coefficient (Wildman–Crippen LogP) is 11.4. The van der Waals surface area contributed by atoms with Crippen LogP contribution >= 0.6 is 12.6 Å². The van der Waals surface area contributed by atoms with Crippen molar-refractivity contribution in [1.29, 1.82) is 0 Å². The second kappa shape index (κ2) is 13.4. The van der Waals surface area contributed by atoms with E-state index in [0.717, 1.165) is 38.5 Å². The van der Waals surface area contributed by atoms with Gasteiger partial charge in [0.15, 0.2) is 0 Å². The summed E-state index contributed by atoms with van der Waals surface area (Å²) < 4.78 is 0. The third-order valence-electron chi connectivity index (χ3n) is 12.2. The molecule has 0 aromatic rings. The number of rotatable bonds is 18. The lowest BCUT2D eigenvalue weighted by atomic mass is 9.40. The van der Waals surface area contributed by atoms with E-state index < -0.39 is 0 Å². The fourth-order valence-electron chi connectivity index (χ4n) is 7.03. The second-order valence-electron chi connectivity index (χ2n) is 15.3. The molecular weight excluding hydrogens is 466 g/mol. The lowest BCUT2D eigenvalue weighted by molar-refractivity contribution is -0.135. The fourth-order valence-corrected chi connectivity index (χ4v) is 7.16. The zero-order chi connectivity index (χ0) is 29.7. The first kappa shape index (κ1) is 36.8. The number of thiol groups is 1. The van der Waals surface area contributed by atoms with Gasteiger partial charge in [0.05, 0.1) is 0 Å². The van der Waals surface area contributed by atoms with Crippen LogP contribution in [0.4, 0.5) is 0 Å². The van der Waals surface area contributed by atoms with Gasteiger partial charge in [-0.25, -0.2) is 0 Å². The second-order valence-corrected chi connectivity index (χ2v) is 16.1. The maximum absolute atomic E-state index is 6.97. The van der Waals surface area contributed by atoms with Crippen LogP contribution in [0.3, 0.4) is 0 Å². The van der Waals surface area contributed by atoms with E-state index in [2.05, 4.69) is 116 Å². The predicted molar refractivity (Wildman–Crippen MR) is 175 cm³/mol. The number of allylic oxidation sites excluding steroid dienone is 1. The van der Waals surface area contributed by atoms with Crippen molar-refractivity contribution in [2.75, 3.05) is 0 Å². The summed E-state index contributed by atoms with van der Waals surface area (Å²) in [5.74, 6) is 0.669. The van der Waals surface area contributed by atoms with Gasteiger partial charge in [0.1, 0.15) is 0 Å². The highest BCUT2D eigenvalue weighted by atomic mass is 32.1. The monoisotopic (exact) mass is 536 g/mol. The topological polar surface area (TPSA) is 26.0 Å². The third-order valence-corrected chi connectivity index (χ3v) is 12.5. The lowest BCUT2D eigenvalue weighted by Crippen LogP contribution is -2.63. The lowest BCUT2D eigenvalue weighted by Gasteiger charge is -2.65. The zero-order valence-corrected chi connectivity index (χ0v) is 28.9. The highest BCUT2D eigenvalue weighted by Gasteiger charge is 2.61. The van der Waals surface area contributed by atoms with Crippen LogP contribution in [0.1, 0.15) is 155 Å². The molecule has 0 rings (SSSR count). The zero-order valence-electron chi connectivity index (χ0n) is 28.0. The first-order chi connectivity index (χ1) is 16.5. The van der Waals surface area contributed by atoms with Crippen molar-refractivity contribution < 1.29 is 0 Å². The molecule has 0 spiro atoms. The Balaban J connectivity index is 6.53. The Labute approximate surface area is 240 Å². The van der Waals surface area contributed by atoms with Gasteiger partial charge in [0.2, 0.25) is 0 Å². The first-order valence-corrected chi connectivity index (χ1v) is 15.8. The maximum Gasteiger partial charge on any atom is 0.0195 e. The molecule has 0 saturated heterocycles. The van der Waals surface area contributed by atoms with Crippen LogP contribution in [0.15, 0.2) is 24.3 Å². The van der Waals surface area contributed by atoms with Crippen molar-refractivity contribution >= 4 is 12.6 Å². The van der Waals surface area contributed by atoms with E-state index in [-0.39, 0.29) is 37.9 Å². The minimum atomic E-state index is -0.293. The van der Waals surface area contributed by atoms with Gasteiger partial charge in [0, 0.05) is 10.8 Å². The summed E-state index contributed by atoms with van der Waals surface area (Å²) in [7, 11) is 0. The van der Waals surface area contributed by atoms with E-state index in [0.29, 0.717) is 5.92 Å². The van der Waals surface area contributed by atoms with Crippen LogP contribution < -0.4 is 5.73 Å².